The van der Waals surface area contributed by atoms with Crippen molar-refractivity contribution in [3.05, 3.63) is 34.8 Å². The SMILES string of the molecule is CCCC(CCC)(CCOc1ccccc1C)Cc1nnc(N)s1. The number of nitrogen functional groups attached to an aromatic ring is 1. The molecule has 2 N–H and O–H groups in total. The molecule has 0 saturated carbocycles. The molecule has 0 atom stereocenters. The first kappa shape index (κ1) is 18.7. The molecule has 1 heterocycles. The maximum absolute atomic E-state index is 6.07. The van der Waals surface area contributed by atoms with Crippen molar-refractivity contribution in [3.8, 4) is 5.75 Å². The second-order valence-electron chi connectivity index (χ2n) is 6.57. The van der Waals surface area contributed by atoms with Crippen LogP contribution in [0.2, 0.25) is 0 Å². The molecule has 4 nitrogen and oxygen atoms in total. The number of aryl methyl sites for hydroxylation is 1. The Morgan fingerprint density at radius 2 is 1.79 bits per heavy atom. The van der Waals surface area contributed by atoms with E-state index in [1.807, 2.05) is 18.2 Å². The fourth-order valence-electron chi connectivity index (χ4n) is 3.46. The zero-order chi connectivity index (χ0) is 17.4. The minimum atomic E-state index is 0.220. The van der Waals surface area contributed by atoms with E-state index in [0.717, 1.165) is 30.2 Å². The highest BCUT2D eigenvalue weighted by Gasteiger charge is 2.30. The van der Waals surface area contributed by atoms with Gasteiger partial charge in [-0.15, -0.1) is 10.2 Å². The number of para-hydroxylation sites is 1. The van der Waals surface area contributed by atoms with Crippen LogP contribution in [0.5, 0.6) is 5.75 Å². The van der Waals surface area contributed by atoms with Gasteiger partial charge in [-0.3, -0.25) is 0 Å². The number of rotatable bonds is 10. The molecule has 0 aliphatic carbocycles. The Morgan fingerprint density at radius 1 is 1.08 bits per heavy atom. The van der Waals surface area contributed by atoms with Gasteiger partial charge in [-0.25, -0.2) is 0 Å². The summed E-state index contributed by atoms with van der Waals surface area (Å²) in [7, 11) is 0. The van der Waals surface area contributed by atoms with Gasteiger partial charge in [0, 0.05) is 6.42 Å². The molecule has 2 rings (SSSR count). The van der Waals surface area contributed by atoms with Gasteiger partial charge < -0.3 is 10.5 Å². The van der Waals surface area contributed by atoms with Crippen LogP contribution in [-0.2, 0) is 6.42 Å². The molecule has 0 amide bonds. The maximum atomic E-state index is 6.07. The molecule has 0 fully saturated rings. The van der Waals surface area contributed by atoms with Crippen molar-refractivity contribution in [3.63, 3.8) is 0 Å². The van der Waals surface area contributed by atoms with Crippen LogP contribution in [0.25, 0.3) is 0 Å². The van der Waals surface area contributed by atoms with Crippen LogP contribution in [0, 0.1) is 12.3 Å². The monoisotopic (exact) mass is 347 g/mol. The highest BCUT2D eigenvalue weighted by atomic mass is 32.1. The number of hydrogen-bond acceptors (Lipinski definition) is 5. The van der Waals surface area contributed by atoms with Crippen molar-refractivity contribution in [2.24, 2.45) is 5.41 Å². The van der Waals surface area contributed by atoms with E-state index in [9.17, 15) is 0 Å². The average molecular weight is 348 g/mol. The third kappa shape index (κ3) is 5.20. The lowest BCUT2D eigenvalue weighted by Crippen LogP contribution is -2.26. The Balaban J connectivity index is 2.05. The number of nitrogens with zero attached hydrogens (tertiary/aromatic N) is 2. The molecule has 0 saturated heterocycles. The summed E-state index contributed by atoms with van der Waals surface area (Å²) >= 11 is 1.51. The third-order valence-electron chi connectivity index (χ3n) is 4.55. The zero-order valence-electron chi connectivity index (χ0n) is 15.0. The molecule has 5 heteroatoms. The van der Waals surface area contributed by atoms with E-state index >= 15 is 0 Å². The van der Waals surface area contributed by atoms with Gasteiger partial charge in [-0.05, 0) is 43.2 Å². The average Bonchev–Trinajstić information content (AvgIpc) is 2.94. The summed E-state index contributed by atoms with van der Waals surface area (Å²) in [4.78, 5) is 0. The number of aromatic nitrogens is 2. The lowest BCUT2D eigenvalue weighted by molar-refractivity contribution is 0.162. The van der Waals surface area contributed by atoms with Gasteiger partial charge in [0.25, 0.3) is 0 Å². The zero-order valence-corrected chi connectivity index (χ0v) is 15.9. The highest BCUT2D eigenvalue weighted by Crippen LogP contribution is 2.38. The Labute approximate surface area is 149 Å². The van der Waals surface area contributed by atoms with Crippen molar-refractivity contribution >= 4 is 16.5 Å². The Kier molecular flexibility index (Phi) is 7.03. The minimum absolute atomic E-state index is 0.220. The quantitative estimate of drug-likeness (QED) is 0.655. The van der Waals surface area contributed by atoms with Gasteiger partial charge in [-0.1, -0.05) is 56.2 Å². The minimum Gasteiger partial charge on any atom is -0.493 e. The molecule has 24 heavy (non-hydrogen) atoms. The van der Waals surface area contributed by atoms with Crippen molar-refractivity contribution < 1.29 is 4.74 Å². The van der Waals surface area contributed by atoms with Crippen molar-refractivity contribution in [2.75, 3.05) is 12.3 Å². The second-order valence-corrected chi connectivity index (χ2v) is 7.67. The van der Waals surface area contributed by atoms with Crippen LogP contribution in [0.15, 0.2) is 24.3 Å². The molecule has 0 radical (unpaired) electrons. The van der Waals surface area contributed by atoms with Gasteiger partial charge in [0.2, 0.25) is 5.13 Å². The number of nitrogens with two attached hydrogens (primary N) is 1. The first-order chi connectivity index (χ1) is 11.6. The molecule has 2 aromatic rings. The molecule has 0 aliphatic heterocycles. The van der Waals surface area contributed by atoms with Crippen LogP contribution in [-0.4, -0.2) is 16.8 Å². The van der Waals surface area contributed by atoms with Crippen molar-refractivity contribution in [1.29, 1.82) is 0 Å². The normalized spacial score (nSPS) is 11.6. The highest BCUT2D eigenvalue weighted by molar-refractivity contribution is 7.15. The van der Waals surface area contributed by atoms with E-state index < -0.39 is 0 Å². The summed E-state index contributed by atoms with van der Waals surface area (Å²) in [5, 5.41) is 9.83. The molecular formula is C19H29N3OS. The van der Waals surface area contributed by atoms with Gasteiger partial charge >= 0.3 is 0 Å². The smallest absolute Gasteiger partial charge is 0.203 e. The maximum Gasteiger partial charge on any atom is 0.203 e. The lowest BCUT2D eigenvalue weighted by Gasteiger charge is -2.33. The summed E-state index contributed by atoms with van der Waals surface area (Å²) < 4.78 is 6.07. The summed E-state index contributed by atoms with van der Waals surface area (Å²) in [5.41, 5.74) is 7.16. The van der Waals surface area contributed by atoms with Crippen molar-refractivity contribution in [1.82, 2.24) is 10.2 Å². The molecule has 132 valence electrons. The Hall–Kier alpha value is -1.62. The fraction of sp³-hybridized carbons (Fsp3) is 0.579. The number of hydrogen-bond donors (Lipinski definition) is 1. The van der Waals surface area contributed by atoms with Gasteiger partial charge in [0.1, 0.15) is 10.8 Å². The molecular weight excluding hydrogens is 318 g/mol. The van der Waals surface area contributed by atoms with Crippen LogP contribution < -0.4 is 10.5 Å². The summed E-state index contributed by atoms with van der Waals surface area (Å²) in [5.74, 6) is 0.986. The molecule has 0 spiro atoms. The standard InChI is InChI=1S/C19H29N3OS/c1-4-10-19(11-5-2,14-17-21-22-18(20)24-17)12-13-23-16-9-7-6-8-15(16)3/h6-9H,4-5,10-14H2,1-3H3,(H2,20,22). The Morgan fingerprint density at radius 3 is 2.38 bits per heavy atom. The molecule has 1 aromatic carbocycles. The third-order valence-corrected chi connectivity index (χ3v) is 5.31. The first-order valence-electron chi connectivity index (χ1n) is 8.85. The molecule has 0 unspecified atom stereocenters. The summed E-state index contributed by atoms with van der Waals surface area (Å²) in [6, 6.07) is 8.20. The first-order valence-corrected chi connectivity index (χ1v) is 9.66. The predicted octanol–water partition coefficient (Wildman–Crippen LogP) is 5.03. The molecule has 0 bridgehead atoms. The fourth-order valence-corrected chi connectivity index (χ4v) is 4.24. The van der Waals surface area contributed by atoms with E-state index in [2.05, 4.69) is 37.0 Å². The topological polar surface area (TPSA) is 61.0 Å². The van der Waals surface area contributed by atoms with E-state index in [0.29, 0.717) is 5.13 Å². The van der Waals surface area contributed by atoms with E-state index in [1.54, 1.807) is 0 Å². The van der Waals surface area contributed by atoms with Crippen LogP contribution in [0.1, 0.15) is 56.5 Å². The number of anilines is 1. The predicted molar refractivity (Wildman–Crippen MR) is 102 cm³/mol. The van der Waals surface area contributed by atoms with E-state index in [4.69, 9.17) is 10.5 Å². The largest absolute Gasteiger partial charge is 0.493 e. The number of benzene rings is 1. The van der Waals surface area contributed by atoms with Gasteiger partial charge in [-0.2, -0.15) is 0 Å². The molecule has 0 aliphatic rings. The van der Waals surface area contributed by atoms with Gasteiger partial charge in [0.15, 0.2) is 0 Å². The van der Waals surface area contributed by atoms with Crippen LogP contribution in [0.3, 0.4) is 0 Å². The molecule has 1 aromatic heterocycles. The van der Waals surface area contributed by atoms with E-state index in [1.165, 1.54) is 42.6 Å². The van der Waals surface area contributed by atoms with Crippen LogP contribution in [0.4, 0.5) is 5.13 Å². The second kappa shape index (κ2) is 9.02. The van der Waals surface area contributed by atoms with Crippen molar-refractivity contribution in [2.45, 2.75) is 59.3 Å². The van der Waals surface area contributed by atoms with Gasteiger partial charge in [0.05, 0.1) is 6.61 Å². The lowest BCUT2D eigenvalue weighted by atomic mass is 9.74. The summed E-state index contributed by atoms with van der Waals surface area (Å²) in [6.07, 6.45) is 6.66. The number of ether oxygens (including phenoxy) is 1. The summed E-state index contributed by atoms with van der Waals surface area (Å²) in [6.45, 7) is 7.33. The Bertz CT molecular complexity index is 621. The van der Waals surface area contributed by atoms with E-state index in [-0.39, 0.29) is 5.41 Å². The van der Waals surface area contributed by atoms with Crippen LogP contribution >= 0.6 is 11.3 Å².